The first kappa shape index (κ1) is 24.7. The van der Waals surface area contributed by atoms with Crippen LogP contribution in [0.15, 0.2) is 23.1 Å². The second kappa shape index (κ2) is 9.89. The van der Waals surface area contributed by atoms with Gasteiger partial charge in [-0.25, -0.2) is 13.4 Å². The van der Waals surface area contributed by atoms with Crippen LogP contribution in [0.1, 0.15) is 51.8 Å². The lowest BCUT2D eigenvalue weighted by Gasteiger charge is -2.36. The van der Waals surface area contributed by atoms with Crippen molar-refractivity contribution in [3.8, 4) is 0 Å². The number of nitrogens with zero attached hydrogens (tertiary/aromatic N) is 4. The lowest BCUT2D eigenvalue weighted by Crippen LogP contribution is -2.50. The van der Waals surface area contributed by atoms with E-state index >= 15 is 0 Å². The van der Waals surface area contributed by atoms with Gasteiger partial charge in [-0.05, 0) is 45.1 Å². The van der Waals surface area contributed by atoms with Crippen molar-refractivity contribution in [2.75, 3.05) is 33.7 Å². The Kier molecular flexibility index (Phi) is 7.62. The van der Waals surface area contributed by atoms with Crippen LogP contribution in [-0.4, -0.2) is 72.3 Å². The Morgan fingerprint density at radius 2 is 1.84 bits per heavy atom. The van der Waals surface area contributed by atoms with Crippen molar-refractivity contribution >= 4 is 27.0 Å². The lowest BCUT2D eigenvalue weighted by atomic mass is 9.96. The SMILES string of the molecule is CCN(CC)S(=O)(=O)c1ccc2c(c1)nc(CCC(=O)NCC1(N(C)C)CCCC1)n2C. The van der Waals surface area contributed by atoms with E-state index in [4.69, 9.17) is 0 Å². The van der Waals surface area contributed by atoms with Gasteiger partial charge in [0.1, 0.15) is 5.82 Å². The van der Waals surface area contributed by atoms with Crippen molar-refractivity contribution in [2.24, 2.45) is 7.05 Å². The van der Waals surface area contributed by atoms with Gasteiger partial charge in [0.15, 0.2) is 0 Å². The van der Waals surface area contributed by atoms with Crippen molar-refractivity contribution in [1.29, 1.82) is 0 Å². The fraction of sp³-hybridized carbons (Fsp3) is 0.652. The maximum Gasteiger partial charge on any atom is 0.243 e. The Labute approximate surface area is 192 Å². The molecule has 0 bridgehead atoms. The van der Waals surface area contributed by atoms with Gasteiger partial charge in [-0.1, -0.05) is 26.7 Å². The summed E-state index contributed by atoms with van der Waals surface area (Å²) in [6.07, 6.45) is 5.50. The lowest BCUT2D eigenvalue weighted by molar-refractivity contribution is -0.121. The zero-order valence-electron chi connectivity index (χ0n) is 20.0. The summed E-state index contributed by atoms with van der Waals surface area (Å²) >= 11 is 0. The van der Waals surface area contributed by atoms with Gasteiger partial charge in [-0.2, -0.15) is 4.31 Å². The molecule has 178 valence electrons. The van der Waals surface area contributed by atoms with Crippen LogP contribution in [0.2, 0.25) is 0 Å². The molecule has 1 amide bonds. The van der Waals surface area contributed by atoms with Crippen molar-refractivity contribution in [3.05, 3.63) is 24.0 Å². The van der Waals surface area contributed by atoms with Gasteiger partial charge in [0.05, 0.1) is 15.9 Å². The molecule has 1 heterocycles. The Balaban J connectivity index is 1.69. The van der Waals surface area contributed by atoms with Crippen molar-refractivity contribution in [1.82, 2.24) is 24.1 Å². The highest BCUT2D eigenvalue weighted by Crippen LogP contribution is 2.33. The molecule has 0 atom stereocenters. The zero-order valence-corrected chi connectivity index (χ0v) is 20.8. The van der Waals surface area contributed by atoms with Crippen LogP contribution < -0.4 is 5.32 Å². The summed E-state index contributed by atoms with van der Waals surface area (Å²) in [7, 11) is 2.55. The van der Waals surface area contributed by atoms with E-state index in [1.807, 2.05) is 25.5 Å². The molecule has 0 spiro atoms. The average molecular weight is 464 g/mol. The van der Waals surface area contributed by atoms with Crippen molar-refractivity contribution < 1.29 is 13.2 Å². The first-order valence-electron chi connectivity index (χ1n) is 11.5. The monoisotopic (exact) mass is 463 g/mol. The molecule has 1 saturated carbocycles. The number of likely N-dealkylation sites (N-methyl/N-ethyl adjacent to an activating group) is 1. The Morgan fingerprint density at radius 3 is 2.44 bits per heavy atom. The molecule has 1 fully saturated rings. The van der Waals surface area contributed by atoms with Crippen molar-refractivity contribution in [2.45, 2.75) is 62.8 Å². The Hall–Kier alpha value is -1.97. The maximum atomic E-state index is 12.8. The van der Waals surface area contributed by atoms with Crippen LogP contribution >= 0.6 is 0 Å². The molecule has 0 saturated heterocycles. The minimum Gasteiger partial charge on any atom is -0.354 e. The highest BCUT2D eigenvalue weighted by Gasteiger charge is 2.36. The summed E-state index contributed by atoms with van der Waals surface area (Å²) in [4.78, 5) is 19.7. The van der Waals surface area contributed by atoms with Crippen LogP contribution in [0, 0.1) is 0 Å². The molecule has 8 nitrogen and oxygen atoms in total. The second-order valence-corrected chi connectivity index (χ2v) is 10.9. The fourth-order valence-electron chi connectivity index (χ4n) is 4.72. The van der Waals surface area contributed by atoms with Gasteiger partial charge in [-0.15, -0.1) is 0 Å². The third-order valence-electron chi connectivity index (χ3n) is 6.96. The largest absolute Gasteiger partial charge is 0.354 e. The molecule has 3 rings (SSSR count). The maximum absolute atomic E-state index is 12.8. The molecule has 0 unspecified atom stereocenters. The quantitative estimate of drug-likeness (QED) is 0.585. The van der Waals surface area contributed by atoms with Gasteiger partial charge in [0, 0.05) is 45.1 Å². The molecule has 0 radical (unpaired) electrons. The van der Waals surface area contributed by atoms with E-state index < -0.39 is 10.0 Å². The predicted molar refractivity (Wildman–Crippen MR) is 127 cm³/mol. The predicted octanol–water partition coefficient (Wildman–Crippen LogP) is 2.53. The van der Waals surface area contributed by atoms with Gasteiger partial charge in [0.25, 0.3) is 0 Å². The number of fused-ring (bicyclic) bond motifs is 1. The number of aromatic nitrogens is 2. The highest BCUT2D eigenvalue weighted by atomic mass is 32.2. The number of aryl methyl sites for hydroxylation is 2. The number of amides is 1. The number of nitrogens with one attached hydrogen (secondary N) is 1. The summed E-state index contributed by atoms with van der Waals surface area (Å²) in [5, 5.41) is 3.12. The van der Waals surface area contributed by atoms with Gasteiger partial charge >= 0.3 is 0 Å². The smallest absolute Gasteiger partial charge is 0.243 e. The minimum atomic E-state index is -3.53. The standard InChI is InChI=1S/C23H37N5O3S/c1-6-28(7-2)32(30,31)18-10-11-20-19(16-18)25-21(27(20)5)12-13-22(29)24-17-23(26(3)4)14-8-9-15-23/h10-11,16H,6-9,12-15,17H2,1-5H3,(H,24,29). The van der Waals surface area contributed by atoms with E-state index in [-0.39, 0.29) is 16.3 Å². The number of hydrogen-bond donors (Lipinski definition) is 1. The first-order valence-corrected chi connectivity index (χ1v) is 13.0. The zero-order chi connectivity index (χ0) is 23.5. The van der Waals surface area contributed by atoms with E-state index in [9.17, 15) is 13.2 Å². The number of rotatable bonds is 10. The van der Waals surface area contributed by atoms with Crippen LogP contribution in [0.3, 0.4) is 0 Å². The third-order valence-corrected chi connectivity index (χ3v) is 9.01. The summed E-state index contributed by atoms with van der Waals surface area (Å²) in [6, 6.07) is 5.06. The summed E-state index contributed by atoms with van der Waals surface area (Å²) < 4.78 is 29.0. The minimum absolute atomic E-state index is 0.0231. The summed E-state index contributed by atoms with van der Waals surface area (Å²) in [5.41, 5.74) is 1.56. The third kappa shape index (κ3) is 4.84. The van der Waals surface area contributed by atoms with Crippen LogP contribution in [0.5, 0.6) is 0 Å². The molecule has 2 aromatic rings. The molecule has 1 aromatic carbocycles. The molecule has 1 N–H and O–H groups in total. The number of benzene rings is 1. The van der Waals surface area contributed by atoms with Crippen LogP contribution in [0.25, 0.3) is 11.0 Å². The molecule has 1 aliphatic carbocycles. The van der Waals surface area contributed by atoms with Gasteiger partial charge in [0.2, 0.25) is 15.9 Å². The van der Waals surface area contributed by atoms with E-state index in [2.05, 4.69) is 29.3 Å². The molecule has 9 heteroatoms. The number of sulfonamides is 1. The highest BCUT2D eigenvalue weighted by molar-refractivity contribution is 7.89. The molecule has 1 aliphatic rings. The molecule has 1 aromatic heterocycles. The number of carbonyl (C=O) groups excluding carboxylic acids is 1. The molecule has 0 aliphatic heterocycles. The normalized spacial score (nSPS) is 16.3. The number of hydrogen-bond acceptors (Lipinski definition) is 5. The summed E-state index contributed by atoms with van der Waals surface area (Å²) in [5.74, 6) is 0.797. The molecular formula is C23H37N5O3S. The van der Waals surface area contributed by atoms with Gasteiger partial charge < -0.3 is 14.8 Å². The van der Waals surface area contributed by atoms with Crippen LogP contribution in [-0.2, 0) is 28.3 Å². The number of carbonyl (C=O) groups is 1. The fourth-order valence-corrected chi connectivity index (χ4v) is 6.20. The average Bonchev–Trinajstić information content (AvgIpc) is 3.37. The molecule has 32 heavy (non-hydrogen) atoms. The van der Waals surface area contributed by atoms with Gasteiger partial charge in [-0.3, -0.25) is 4.79 Å². The second-order valence-electron chi connectivity index (χ2n) is 8.93. The Morgan fingerprint density at radius 1 is 1.19 bits per heavy atom. The Bertz CT molecular complexity index is 1050. The van der Waals surface area contributed by atoms with Crippen LogP contribution in [0.4, 0.5) is 0 Å². The first-order chi connectivity index (χ1) is 15.1. The van der Waals surface area contributed by atoms with E-state index in [1.54, 1.807) is 18.2 Å². The summed E-state index contributed by atoms with van der Waals surface area (Å²) in [6.45, 7) is 5.18. The van der Waals surface area contributed by atoms with E-state index in [1.165, 1.54) is 17.1 Å². The van der Waals surface area contributed by atoms with E-state index in [0.29, 0.717) is 38.0 Å². The molecular weight excluding hydrogens is 426 g/mol. The van der Waals surface area contributed by atoms with E-state index in [0.717, 1.165) is 24.2 Å². The topological polar surface area (TPSA) is 87.5 Å². The number of imidazole rings is 1. The van der Waals surface area contributed by atoms with Crippen molar-refractivity contribution in [3.63, 3.8) is 0 Å².